The molecule has 0 atom stereocenters. The van der Waals surface area contributed by atoms with Crippen molar-refractivity contribution >= 4 is 95.8 Å². The predicted molar refractivity (Wildman–Crippen MR) is 327 cm³/mol. The minimum absolute atomic E-state index is 0.245. The summed E-state index contributed by atoms with van der Waals surface area (Å²) >= 11 is 3.44. The molecular formula is C62H72BrN11O10. The van der Waals surface area contributed by atoms with Gasteiger partial charge in [-0.25, -0.2) is 35.9 Å². The number of ether oxygens (including phenoxy) is 5. The molecule has 12 rings (SSSR count). The number of methoxy groups -OCH3 is 5. The van der Waals surface area contributed by atoms with Crippen molar-refractivity contribution in [3.05, 3.63) is 166 Å². The van der Waals surface area contributed by atoms with Crippen LogP contribution in [0.1, 0.15) is 67.0 Å². The van der Waals surface area contributed by atoms with Crippen LogP contribution in [0, 0.1) is 0 Å². The van der Waals surface area contributed by atoms with E-state index in [0.717, 1.165) is 155 Å². The number of hydrogen-bond acceptors (Lipinski definition) is 17. The van der Waals surface area contributed by atoms with Crippen LogP contribution in [0.25, 0.3) is 33.1 Å². The van der Waals surface area contributed by atoms with Gasteiger partial charge in [-0.3, -0.25) is 10.0 Å². The van der Waals surface area contributed by atoms with Gasteiger partial charge < -0.3 is 57.7 Å². The number of hydroxylamine groups is 1. The summed E-state index contributed by atoms with van der Waals surface area (Å²) in [6.07, 6.45) is 5.52. The van der Waals surface area contributed by atoms with Crippen LogP contribution in [0.4, 0.5) is 29.0 Å². The Morgan fingerprint density at radius 1 is 0.536 bits per heavy atom. The van der Waals surface area contributed by atoms with E-state index in [0.29, 0.717) is 43.1 Å². The second kappa shape index (κ2) is 30.4. The Morgan fingerprint density at radius 3 is 1.44 bits per heavy atom. The Balaban J connectivity index is 0.000000151. The number of aromatic nitrogens is 6. The summed E-state index contributed by atoms with van der Waals surface area (Å²) in [6, 6.07) is 41.3. The van der Waals surface area contributed by atoms with Crippen molar-refractivity contribution in [2.75, 3.05) is 90.1 Å². The van der Waals surface area contributed by atoms with Crippen LogP contribution in [0.5, 0.6) is 0 Å². The number of nitrogens with two attached hydrogens (primary N) is 1. The molecule has 9 aromatic rings. The fraction of sp³-hybridized carbons (Fsp3) is 0.323. The van der Waals surface area contributed by atoms with Crippen molar-refractivity contribution in [2.24, 2.45) is 5.90 Å². The quantitative estimate of drug-likeness (QED) is 0.0386. The van der Waals surface area contributed by atoms with Gasteiger partial charge in [0.1, 0.15) is 0 Å². The molecule has 0 radical (unpaired) electrons. The molecule has 22 heteroatoms. The summed E-state index contributed by atoms with van der Waals surface area (Å²) in [6.45, 7) is 6.76. The van der Waals surface area contributed by atoms with Crippen molar-refractivity contribution < 1.29 is 48.5 Å². The summed E-state index contributed by atoms with van der Waals surface area (Å²) in [4.78, 5) is 54.2. The van der Waals surface area contributed by atoms with Gasteiger partial charge in [-0.2, -0.15) is 0 Å². The molecule has 6 aromatic carbocycles. The lowest BCUT2D eigenvalue weighted by atomic mass is 9.96. The number of fused-ring (bicyclic) bond motifs is 6. The highest BCUT2D eigenvalue weighted by Crippen LogP contribution is 2.38. The monoisotopic (exact) mass is 1210 g/mol. The first kappa shape index (κ1) is 61.8. The number of nitrogens with one attached hydrogen (secondary N) is 2. The molecule has 442 valence electrons. The Labute approximate surface area is 495 Å². The highest BCUT2D eigenvalue weighted by atomic mass is 79.9. The number of carbonyl (C=O) groups is 3. The van der Waals surface area contributed by atoms with Gasteiger partial charge in [0.05, 0.1) is 78.3 Å². The summed E-state index contributed by atoms with van der Waals surface area (Å²) in [5, 5.41) is 18.8. The fourth-order valence-electron chi connectivity index (χ4n) is 10.8. The van der Waals surface area contributed by atoms with E-state index in [4.69, 9.17) is 44.1 Å². The number of hydrogen-bond donors (Lipinski definition) is 5. The van der Waals surface area contributed by atoms with E-state index in [-0.39, 0.29) is 11.9 Å². The van der Waals surface area contributed by atoms with Gasteiger partial charge >= 0.3 is 11.9 Å². The molecule has 84 heavy (non-hydrogen) atoms. The highest BCUT2D eigenvalue weighted by Gasteiger charge is 2.29. The van der Waals surface area contributed by atoms with Crippen LogP contribution in [0.2, 0.25) is 0 Å². The molecule has 6 N–H and O–H groups in total. The summed E-state index contributed by atoms with van der Waals surface area (Å²) < 4.78 is 32.7. The molecule has 0 bridgehead atoms. The maximum absolute atomic E-state index is 12.2. The standard InChI is InChI=1S/C21H23N3O3.C20H22N4O3.C11H13NO2.C10H11BrN2O.H3NO/c1-26-14-13-24-19-10-4-3-9-17(19)22-21(24)23-12-6-8-15-16(20(25)27-2)7-5-11-18(15)23;1-27-13-12-24-18-9-3-2-8-16(18)21-20(24)23-11-5-7-14-15(19(25)22-26)6-4-10-17(14)23;1-14-11(13)9-4-2-6-10-8(9)5-3-7-12-10;1-14-7-6-13-9-5-3-2-4-8(9)12-10(13)11;1-2/h3-5,7,9-11H,6,8,12-14H2,1-2H3;2-4,6,8-10,26H,5,7,11-13H2,1H3,(H,22,25);2,4,6,12H,3,5,7H2,1H3;2-5H,6-7H2,1H3;2H,1H2. The van der Waals surface area contributed by atoms with E-state index >= 15 is 0 Å². The predicted octanol–water partition coefficient (Wildman–Crippen LogP) is 10.1. The minimum atomic E-state index is -0.485. The Morgan fingerprint density at radius 2 is 0.952 bits per heavy atom. The average Bonchev–Trinajstić information content (AvgIpc) is 3.00. The summed E-state index contributed by atoms with van der Waals surface area (Å²) in [7, 11) is 7.93. The van der Waals surface area contributed by atoms with E-state index in [9.17, 15) is 14.4 Å². The number of esters is 2. The lowest BCUT2D eigenvalue weighted by Crippen LogP contribution is -2.30. The molecule has 3 aliphatic heterocycles. The van der Waals surface area contributed by atoms with Crippen LogP contribution in [0.15, 0.2) is 132 Å². The van der Waals surface area contributed by atoms with E-state index < -0.39 is 5.91 Å². The van der Waals surface area contributed by atoms with Crippen LogP contribution in [-0.4, -0.2) is 132 Å². The number of rotatable bonds is 14. The summed E-state index contributed by atoms with van der Waals surface area (Å²) in [5.41, 5.74) is 15.9. The number of anilines is 5. The van der Waals surface area contributed by atoms with Gasteiger partial charge in [-0.05, 0) is 144 Å². The van der Waals surface area contributed by atoms with Gasteiger partial charge in [-0.15, -0.1) is 0 Å². The fourth-order valence-corrected chi connectivity index (χ4v) is 11.4. The van der Waals surface area contributed by atoms with Gasteiger partial charge in [-0.1, -0.05) is 54.6 Å². The average molecular weight is 1210 g/mol. The van der Waals surface area contributed by atoms with Crippen molar-refractivity contribution in [1.82, 2.24) is 34.1 Å². The molecule has 0 spiro atoms. The van der Waals surface area contributed by atoms with E-state index in [1.165, 1.54) is 14.2 Å². The SMILES string of the molecule is COC(=O)c1cccc2c1CCCN2.COCCn1c(Br)nc2ccccc21.COCCn1c(N2CCCc3c(C(=O)NO)cccc32)nc2ccccc21.COCCn1c(N2CCCc3c(C(=O)OC)cccc32)nc2ccccc21.NO. The van der Waals surface area contributed by atoms with Crippen LogP contribution >= 0.6 is 15.9 Å². The third kappa shape index (κ3) is 13.9. The topological polar surface area (TPSA) is 248 Å². The first-order chi connectivity index (χ1) is 41.1. The van der Waals surface area contributed by atoms with Gasteiger partial charge in [0.15, 0.2) is 4.73 Å². The number of benzene rings is 6. The van der Waals surface area contributed by atoms with E-state index in [1.807, 2.05) is 97.1 Å². The van der Waals surface area contributed by atoms with Crippen LogP contribution in [0.3, 0.4) is 0 Å². The molecule has 0 saturated carbocycles. The number of nitrogens with zero attached hydrogens (tertiary/aromatic N) is 8. The lowest BCUT2D eigenvalue weighted by Gasteiger charge is -2.31. The van der Waals surface area contributed by atoms with Crippen molar-refractivity contribution in [1.29, 1.82) is 0 Å². The second-order valence-electron chi connectivity index (χ2n) is 19.5. The van der Waals surface area contributed by atoms with E-state index in [1.54, 1.807) is 32.9 Å². The first-order valence-electron chi connectivity index (χ1n) is 27.6. The molecule has 0 aliphatic carbocycles. The van der Waals surface area contributed by atoms with Crippen molar-refractivity contribution in [2.45, 2.75) is 58.2 Å². The molecule has 0 fully saturated rings. The maximum Gasteiger partial charge on any atom is 0.338 e. The van der Waals surface area contributed by atoms with Gasteiger partial charge in [0, 0.05) is 83.2 Å². The van der Waals surface area contributed by atoms with Crippen molar-refractivity contribution in [3.8, 4) is 0 Å². The largest absolute Gasteiger partial charge is 0.465 e. The third-order valence-electron chi connectivity index (χ3n) is 14.7. The molecule has 3 aliphatic rings. The van der Waals surface area contributed by atoms with Crippen LogP contribution in [-0.2, 0) is 62.6 Å². The smallest absolute Gasteiger partial charge is 0.338 e. The van der Waals surface area contributed by atoms with Gasteiger partial charge in [0.25, 0.3) is 5.91 Å². The molecule has 6 heterocycles. The Kier molecular flexibility index (Phi) is 22.4. The Hall–Kier alpha value is -8.22. The number of amides is 1. The lowest BCUT2D eigenvalue weighted by molar-refractivity contribution is 0.0590. The zero-order valence-corrected chi connectivity index (χ0v) is 49.5. The molecule has 0 saturated heterocycles. The molecule has 3 aromatic heterocycles. The highest BCUT2D eigenvalue weighted by molar-refractivity contribution is 9.10. The minimum Gasteiger partial charge on any atom is -0.465 e. The zero-order chi connectivity index (χ0) is 59.5. The summed E-state index contributed by atoms with van der Waals surface area (Å²) in [5.74, 6) is 4.21. The number of para-hydroxylation sites is 6. The number of carbonyl (C=O) groups excluding carboxylic acids is 3. The third-order valence-corrected chi connectivity index (χ3v) is 15.3. The Bertz CT molecular complexity index is 3520. The first-order valence-corrected chi connectivity index (χ1v) is 28.4. The molecule has 21 nitrogen and oxygen atoms in total. The second-order valence-corrected chi connectivity index (χ2v) is 20.2. The van der Waals surface area contributed by atoms with Crippen LogP contribution < -0.4 is 26.5 Å². The normalized spacial score (nSPS) is 13.0. The number of halogens is 1. The van der Waals surface area contributed by atoms with Crippen molar-refractivity contribution in [3.63, 3.8) is 0 Å². The molecule has 0 unspecified atom stereocenters. The van der Waals surface area contributed by atoms with Gasteiger partial charge in [0.2, 0.25) is 11.9 Å². The number of imidazole rings is 3. The maximum atomic E-state index is 12.2. The zero-order valence-electron chi connectivity index (χ0n) is 47.9. The molecule has 1 amide bonds. The molecular weight excluding hydrogens is 1140 g/mol. The van der Waals surface area contributed by atoms with E-state index in [2.05, 4.69) is 79.9 Å².